The lowest BCUT2D eigenvalue weighted by Crippen LogP contribution is -2.57. The van der Waals surface area contributed by atoms with Crippen molar-refractivity contribution >= 4 is 32.9 Å². The molecule has 210 valence electrons. The van der Waals surface area contributed by atoms with E-state index in [0.29, 0.717) is 48.0 Å². The smallest absolute Gasteiger partial charge is 0.427 e. The van der Waals surface area contributed by atoms with E-state index in [4.69, 9.17) is 15.7 Å². The third-order valence-corrected chi connectivity index (χ3v) is 9.35. The Morgan fingerprint density at radius 2 is 2.08 bits per heavy atom. The van der Waals surface area contributed by atoms with E-state index in [9.17, 15) is 18.0 Å². The number of sulfonamides is 1. The van der Waals surface area contributed by atoms with Gasteiger partial charge in [0.2, 0.25) is 0 Å². The summed E-state index contributed by atoms with van der Waals surface area (Å²) in [4.78, 5) is 41.0. The van der Waals surface area contributed by atoms with Crippen LogP contribution in [0.3, 0.4) is 0 Å². The lowest BCUT2D eigenvalue weighted by Gasteiger charge is -2.40. The lowest BCUT2D eigenvalue weighted by molar-refractivity contribution is 0.0493. The Balaban J connectivity index is 1.24. The van der Waals surface area contributed by atoms with Gasteiger partial charge in [0.25, 0.3) is 15.9 Å². The Morgan fingerprint density at radius 3 is 2.85 bits per heavy atom. The average Bonchev–Trinajstić information content (AvgIpc) is 3.68. The van der Waals surface area contributed by atoms with Gasteiger partial charge in [-0.2, -0.15) is 4.31 Å². The average molecular weight is 568 g/mol. The summed E-state index contributed by atoms with van der Waals surface area (Å²) in [7, 11) is -1.94. The van der Waals surface area contributed by atoms with Gasteiger partial charge in [-0.15, -0.1) is 11.9 Å². The Labute approximate surface area is 230 Å². The van der Waals surface area contributed by atoms with Crippen LogP contribution in [0.4, 0.5) is 4.79 Å². The quantitative estimate of drug-likeness (QED) is 0.370. The second-order valence-electron chi connectivity index (χ2n) is 10.3. The summed E-state index contributed by atoms with van der Waals surface area (Å²) in [5.41, 5.74) is 4.69. The standard InChI is InChI=1S/C26H29N7O6S/c1-3-16-4-6-19-17(12-16)13-23(27-19)40(36,37)32-10-11-33(18(14-32)5-7-22-29-26(35)39-30-22)25(34)24-28-20-8-9-31(2)15-21(20)38-24/h1,4,6,12-13,18,22,27,30H,5,7-11,14-15H2,2H3,(H,29,35). The van der Waals surface area contributed by atoms with Gasteiger partial charge in [0.05, 0.1) is 12.2 Å². The molecule has 0 spiro atoms. The first kappa shape index (κ1) is 26.3. The summed E-state index contributed by atoms with van der Waals surface area (Å²) in [6.45, 7) is 1.71. The van der Waals surface area contributed by atoms with Gasteiger partial charge in [0.15, 0.2) is 0 Å². The number of oxazole rings is 1. The van der Waals surface area contributed by atoms with Gasteiger partial charge >= 0.3 is 12.0 Å². The minimum atomic E-state index is -3.91. The number of likely N-dealkylation sites (N-methyl/N-ethyl adjacent to an activating group) is 1. The number of aromatic amines is 1. The number of terminal acetylenes is 1. The molecule has 3 aromatic rings. The fourth-order valence-electron chi connectivity index (χ4n) is 5.39. The molecule has 0 saturated carbocycles. The van der Waals surface area contributed by atoms with E-state index >= 15 is 0 Å². The fraction of sp³-hybridized carbons (Fsp3) is 0.423. The maximum atomic E-state index is 13.7. The second kappa shape index (κ2) is 10.3. The molecule has 0 aliphatic carbocycles. The molecule has 2 atom stereocenters. The summed E-state index contributed by atoms with van der Waals surface area (Å²) in [5, 5.41) is 3.38. The highest BCUT2D eigenvalue weighted by Gasteiger charge is 2.39. The molecule has 5 heterocycles. The van der Waals surface area contributed by atoms with Crippen LogP contribution < -0.4 is 10.8 Å². The van der Waals surface area contributed by atoms with Crippen LogP contribution in [0.15, 0.2) is 33.7 Å². The van der Waals surface area contributed by atoms with Gasteiger partial charge in [-0.05, 0) is 44.2 Å². The molecule has 2 amide bonds. The van der Waals surface area contributed by atoms with Crippen molar-refractivity contribution < 1.29 is 27.3 Å². The number of hydrogen-bond donors (Lipinski definition) is 3. The lowest BCUT2D eigenvalue weighted by atomic mass is 10.1. The van der Waals surface area contributed by atoms with Crippen LogP contribution >= 0.6 is 0 Å². The molecule has 3 aliphatic heterocycles. The Hall–Kier alpha value is -3.90. The third kappa shape index (κ3) is 4.92. The Morgan fingerprint density at radius 1 is 1.23 bits per heavy atom. The van der Waals surface area contributed by atoms with Gasteiger partial charge in [-0.1, -0.05) is 5.92 Å². The van der Waals surface area contributed by atoms with Crippen LogP contribution in [0.25, 0.3) is 10.9 Å². The van der Waals surface area contributed by atoms with Crippen LogP contribution in [-0.4, -0.2) is 89.9 Å². The number of benzene rings is 1. The summed E-state index contributed by atoms with van der Waals surface area (Å²) in [6, 6.07) is 6.32. The minimum Gasteiger partial charge on any atom is -0.436 e. The molecule has 2 aromatic heterocycles. The zero-order chi connectivity index (χ0) is 28.0. The monoisotopic (exact) mass is 567 g/mol. The molecular weight excluding hydrogens is 538 g/mol. The molecule has 2 saturated heterocycles. The number of nitrogens with zero attached hydrogens (tertiary/aromatic N) is 4. The van der Waals surface area contributed by atoms with Gasteiger partial charge in [-0.3, -0.25) is 9.69 Å². The number of aromatic nitrogens is 2. The minimum absolute atomic E-state index is 0.0113. The molecule has 6 rings (SSSR count). The number of fused-ring (bicyclic) bond motifs is 2. The Bertz CT molecular complexity index is 1620. The van der Waals surface area contributed by atoms with E-state index in [2.05, 4.69) is 31.6 Å². The third-order valence-electron chi connectivity index (χ3n) is 7.57. The maximum Gasteiger partial charge on any atom is 0.427 e. The molecular formula is C26H29N7O6S. The molecule has 1 aromatic carbocycles. The van der Waals surface area contributed by atoms with Crippen LogP contribution in [0, 0.1) is 12.3 Å². The maximum absolute atomic E-state index is 13.7. The van der Waals surface area contributed by atoms with Crippen LogP contribution in [0.1, 0.15) is 40.5 Å². The fourth-order valence-corrected chi connectivity index (χ4v) is 6.87. The van der Waals surface area contributed by atoms with Crippen molar-refractivity contribution in [2.45, 2.75) is 43.0 Å². The van der Waals surface area contributed by atoms with E-state index in [1.54, 1.807) is 29.2 Å². The Kier molecular flexibility index (Phi) is 6.75. The molecule has 3 aliphatic rings. The first-order valence-electron chi connectivity index (χ1n) is 13.0. The van der Waals surface area contributed by atoms with E-state index in [1.165, 1.54) is 4.31 Å². The summed E-state index contributed by atoms with van der Waals surface area (Å²) in [5.74, 6) is 2.86. The van der Waals surface area contributed by atoms with Crippen LogP contribution in [0.2, 0.25) is 0 Å². The van der Waals surface area contributed by atoms with Crippen molar-refractivity contribution in [2.75, 3.05) is 33.2 Å². The number of H-pyrrole nitrogens is 1. The van der Waals surface area contributed by atoms with Crippen molar-refractivity contribution in [2.24, 2.45) is 0 Å². The molecule has 40 heavy (non-hydrogen) atoms. The molecule has 14 heteroatoms. The molecule has 2 fully saturated rings. The summed E-state index contributed by atoms with van der Waals surface area (Å²) < 4.78 is 34.6. The number of piperazine rings is 1. The van der Waals surface area contributed by atoms with Gasteiger partial charge in [0, 0.05) is 55.1 Å². The molecule has 0 radical (unpaired) electrons. The first-order chi connectivity index (χ1) is 19.2. The van der Waals surface area contributed by atoms with E-state index in [0.717, 1.165) is 12.2 Å². The van der Waals surface area contributed by atoms with Gasteiger partial charge < -0.3 is 24.5 Å². The number of hydrogen-bond acceptors (Lipinski definition) is 9. The number of carbonyl (C=O) groups excluding carboxylic acids is 2. The SMILES string of the molecule is C#Cc1ccc2[nH]c(S(=O)(=O)N3CCN(C(=O)c4nc5c(o4)CN(C)CC5)C(CCC4NOC(=O)N4)C3)cc2c1. The van der Waals surface area contributed by atoms with Crippen LogP contribution in [0.5, 0.6) is 0 Å². The topological polar surface area (TPSA) is 153 Å². The van der Waals surface area contributed by atoms with Crippen molar-refractivity contribution in [1.82, 2.24) is 34.9 Å². The van der Waals surface area contributed by atoms with Crippen molar-refractivity contribution in [3.63, 3.8) is 0 Å². The van der Waals surface area contributed by atoms with Gasteiger partial charge in [-0.25, -0.2) is 18.2 Å². The molecule has 3 N–H and O–H groups in total. The summed E-state index contributed by atoms with van der Waals surface area (Å²) in [6.07, 6.45) is 5.93. The number of rotatable bonds is 6. The number of nitrogens with one attached hydrogen (secondary N) is 3. The van der Waals surface area contributed by atoms with Crippen LogP contribution in [-0.2, 0) is 27.8 Å². The second-order valence-corrected chi connectivity index (χ2v) is 12.2. The predicted octanol–water partition coefficient (Wildman–Crippen LogP) is 0.991. The zero-order valence-electron chi connectivity index (χ0n) is 21.8. The summed E-state index contributed by atoms with van der Waals surface area (Å²) >= 11 is 0. The highest BCUT2D eigenvalue weighted by Crippen LogP contribution is 2.27. The van der Waals surface area contributed by atoms with Gasteiger partial charge in [0.1, 0.15) is 17.0 Å². The number of hydroxylamine groups is 1. The van der Waals surface area contributed by atoms with Crippen molar-refractivity contribution in [3.05, 3.63) is 47.2 Å². The largest absolute Gasteiger partial charge is 0.436 e. The van der Waals surface area contributed by atoms with Crippen molar-refractivity contribution in [1.29, 1.82) is 0 Å². The zero-order valence-corrected chi connectivity index (χ0v) is 22.7. The van der Waals surface area contributed by atoms with Crippen molar-refractivity contribution in [3.8, 4) is 12.3 Å². The molecule has 2 unspecified atom stereocenters. The predicted molar refractivity (Wildman–Crippen MR) is 142 cm³/mol. The normalized spacial score (nSPS) is 22.1. The molecule has 13 nitrogen and oxygen atoms in total. The first-order valence-corrected chi connectivity index (χ1v) is 14.5. The highest BCUT2D eigenvalue weighted by molar-refractivity contribution is 7.89. The van der Waals surface area contributed by atoms with E-state index in [1.807, 2.05) is 7.05 Å². The molecule has 0 bridgehead atoms. The number of carbonyl (C=O) groups is 2. The van der Waals surface area contributed by atoms with E-state index in [-0.39, 0.29) is 36.5 Å². The number of amides is 2. The highest BCUT2D eigenvalue weighted by atomic mass is 32.2. The van der Waals surface area contributed by atoms with E-state index < -0.39 is 28.3 Å².